The van der Waals surface area contributed by atoms with E-state index in [-0.39, 0.29) is 24.5 Å². The number of benzene rings is 2. The fourth-order valence-electron chi connectivity index (χ4n) is 2.75. The summed E-state index contributed by atoms with van der Waals surface area (Å²) in [5, 5.41) is 8.95. The summed E-state index contributed by atoms with van der Waals surface area (Å²) < 4.78 is 10.7. The first-order valence-corrected chi connectivity index (χ1v) is 8.38. The number of esters is 1. The normalized spacial score (nSPS) is 12.5. The zero-order valence-corrected chi connectivity index (χ0v) is 14.6. The van der Waals surface area contributed by atoms with Gasteiger partial charge in [0.25, 0.3) is 11.8 Å². The van der Waals surface area contributed by atoms with Gasteiger partial charge in [0.15, 0.2) is 11.5 Å². The van der Waals surface area contributed by atoms with Gasteiger partial charge in [-0.2, -0.15) is 5.26 Å². The molecule has 0 aliphatic carbocycles. The number of amides is 2. The summed E-state index contributed by atoms with van der Waals surface area (Å²) in [7, 11) is 0. The highest BCUT2D eigenvalue weighted by molar-refractivity contribution is 6.21. The van der Waals surface area contributed by atoms with Gasteiger partial charge in [0.1, 0.15) is 0 Å². The molecule has 2 amide bonds. The summed E-state index contributed by atoms with van der Waals surface area (Å²) in [5.41, 5.74) is 1.05. The highest BCUT2D eigenvalue weighted by atomic mass is 16.6. The highest BCUT2D eigenvalue weighted by Gasteiger charge is 2.35. The summed E-state index contributed by atoms with van der Waals surface area (Å²) in [6.07, 6.45) is -0.156. The molecule has 0 saturated heterocycles. The molecule has 0 aromatic heterocycles. The van der Waals surface area contributed by atoms with Gasteiger partial charge in [-0.15, -0.1) is 0 Å². The summed E-state index contributed by atoms with van der Waals surface area (Å²) in [4.78, 5) is 37.8. The van der Waals surface area contributed by atoms with Crippen LogP contribution in [0.5, 0.6) is 11.5 Å². The summed E-state index contributed by atoms with van der Waals surface area (Å²) in [5.74, 6) is -0.986. The number of carbonyl (C=O) groups is 3. The third-order valence-corrected chi connectivity index (χ3v) is 4.01. The average molecular weight is 364 g/mol. The predicted molar refractivity (Wildman–Crippen MR) is 94.4 cm³/mol. The quantitative estimate of drug-likeness (QED) is 0.444. The first-order chi connectivity index (χ1) is 13.0. The summed E-state index contributed by atoms with van der Waals surface area (Å²) >= 11 is 0. The first-order valence-electron chi connectivity index (χ1n) is 8.38. The molecule has 0 unspecified atom stereocenters. The molecule has 0 spiro atoms. The second-order valence-corrected chi connectivity index (χ2v) is 5.74. The highest BCUT2D eigenvalue weighted by Crippen LogP contribution is 2.29. The van der Waals surface area contributed by atoms with Gasteiger partial charge < -0.3 is 9.47 Å². The van der Waals surface area contributed by atoms with Crippen molar-refractivity contribution in [2.75, 3.05) is 13.2 Å². The molecule has 136 valence electrons. The van der Waals surface area contributed by atoms with Crippen molar-refractivity contribution in [1.29, 1.82) is 5.26 Å². The topological polar surface area (TPSA) is 96.7 Å². The number of ether oxygens (including phenoxy) is 2. The fraction of sp³-hybridized carbons (Fsp3) is 0.200. The first kappa shape index (κ1) is 18.1. The lowest BCUT2D eigenvalue weighted by Gasteiger charge is -2.14. The second kappa shape index (κ2) is 7.70. The van der Waals surface area contributed by atoms with Crippen LogP contribution >= 0.6 is 0 Å². The Kier molecular flexibility index (Phi) is 5.18. The van der Waals surface area contributed by atoms with Crippen molar-refractivity contribution < 1.29 is 23.9 Å². The molecule has 2 aromatic carbocycles. The lowest BCUT2D eigenvalue weighted by atomic mass is 10.1. The predicted octanol–water partition coefficient (Wildman–Crippen LogP) is 2.55. The SMILES string of the molecule is CCOc1cc(C#N)ccc1OC(=O)CCN1C(=O)c2ccccc2C1=O. The lowest BCUT2D eigenvalue weighted by Crippen LogP contribution is -2.32. The monoisotopic (exact) mass is 364 g/mol. The molecule has 27 heavy (non-hydrogen) atoms. The smallest absolute Gasteiger partial charge is 0.313 e. The molecule has 1 aliphatic heterocycles. The molecule has 0 bridgehead atoms. The van der Waals surface area contributed by atoms with Gasteiger partial charge in [-0.25, -0.2) is 0 Å². The molecule has 1 heterocycles. The summed E-state index contributed by atoms with van der Waals surface area (Å²) in [6, 6.07) is 13.0. The number of hydrogen-bond acceptors (Lipinski definition) is 6. The molecular weight excluding hydrogens is 348 g/mol. The van der Waals surface area contributed by atoms with Crippen LogP contribution in [0.25, 0.3) is 0 Å². The minimum atomic E-state index is -0.614. The van der Waals surface area contributed by atoms with Crippen molar-refractivity contribution >= 4 is 17.8 Å². The molecular formula is C20H16N2O5. The number of nitriles is 1. The van der Waals surface area contributed by atoms with Crippen LogP contribution in [-0.2, 0) is 4.79 Å². The van der Waals surface area contributed by atoms with E-state index in [1.54, 1.807) is 31.2 Å². The van der Waals surface area contributed by atoms with Crippen molar-refractivity contribution in [2.24, 2.45) is 0 Å². The van der Waals surface area contributed by atoms with E-state index in [2.05, 4.69) is 0 Å². The minimum Gasteiger partial charge on any atom is -0.490 e. The minimum absolute atomic E-state index is 0.0779. The van der Waals surface area contributed by atoms with Crippen molar-refractivity contribution in [2.45, 2.75) is 13.3 Å². The van der Waals surface area contributed by atoms with E-state index >= 15 is 0 Å². The number of hydrogen-bond donors (Lipinski definition) is 0. The average Bonchev–Trinajstić information content (AvgIpc) is 2.92. The van der Waals surface area contributed by atoms with Crippen LogP contribution in [0.4, 0.5) is 0 Å². The van der Waals surface area contributed by atoms with Gasteiger partial charge in [0.2, 0.25) is 0 Å². The third-order valence-electron chi connectivity index (χ3n) is 4.01. The number of fused-ring (bicyclic) bond motifs is 1. The Morgan fingerprint density at radius 2 is 1.74 bits per heavy atom. The number of rotatable bonds is 6. The van der Waals surface area contributed by atoms with E-state index < -0.39 is 17.8 Å². The van der Waals surface area contributed by atoms with E-state index in [1.165, 1.54) is 18.2 Å². The van der Waals surface area contributed by atoms with Crippen LogP contribution in [0.3, 0.4) is 0 Å². The Balaban J connectivity index is 1.65. The van der Waals surface area contributed by atoms with Crippen LogP contribution in [0.15, 0.2) is 42.5 Å². The van der Waals surface area contributed by atoms with E-state index in [1.807, 2.05) is 6.07 Å². The van der Waals surface area contributed by atoms with Gasteiger partial charge in [-0.3, -0.25) is 19.3 Å². The number of imide groups is 1. The molecule has 0 atom stereocenters. The van der Waals surface area contributed by atoms with Gasteiger partial charge >= 0.3 is 5.97 Å². The van der Waals surface area contributed by atoms with Crippen LogP contribution in [0.2, 0.25) is 0 Å². The van der Waals surface area contributed by atoms with E-state index in [0.29, 0.717) is 23.3 Å². The molecule has 7 nitrogen and oxygen atoms in total. The van der Waals surface area contributed by atoms with Crippen LogP contribution in [0, 0.1) is 11.3 Å². The Labute approximate surface area is 155 Å². The van der Waals surface area contributed by atoms with Crippen LogP contribution in [-0.4, -0.2) is 35.8 Å². The standard InChI is InChI=1S/C20H16N2O5/c1-2-26-17-11-13(12-21)7-8-16(17)27-18(23)9-10-22-19(24)14-5-3-4-6-15(14)20(22)25/h3-8,11H,2,9-10H2,1H3. The Morgan fingerprint density at radius 3 is 2.33 bits per heavy atom. The van der Waals surface area contributed by atoms with Gasteiger partial charge in [0, 0.05) is 12.6 Å². The molecule has 0 fully saturated rings. The number of carbonyl (C=O) groups excluding carboxylic acids is 3. The molecule has 0 radical (unpaired) electrons. The van der Waals surface area contributed by atoms with Crippen LogP contribution < -0.4 is 9.47 Å². The maximum Gasteiger partial charge on any atom is 0.313 e. The molecule has 2 aromatic rings. The molecule has 0 N–H and O–H groups in total. The number of nitrogens with zero attached hydrogens (tertiary/aromatic N) is 2. The Hall–Kier alpha value is -3.66. The molecule has 7 heteroatoms. The Bertz CT molecular complexity index is 926. The zero-order chi connectivity index (χ0) is 19.4. The lowest BCUT2D eigenvalue weighted by molar-refractivity contribution is -0.134. The molecule has 0 saturated carbocycles. The molecule has 3 rings (SSSR count). The maximum absolute atomic E-state index is 12.3. The van der Waals surface area contributed by atoms with Crippen molar-refractivity contribution in [1.82, 2.24) is 4.90 Å². The van der Waals surface area contributed by atoms with E-state index in [4.69, 9.17) is 14.7 Å². The van der Waals surface area contributed by atoms with Crippen molar-refractivity contribution in [3.63, 3.8) is 0 Å². The fourth-order valence-corrected chi connectivity index (χ4v) is 2.75. The van der Waals surface area contributed by atoms with E-state index in [0.717, 1.165) is 4.90 Å². The van der Waals surface area contributed by atoms with Crippen LogP contribution in [0.1, 0.15) is 39.6 Å². The van der Waals surface area contributed by atoms with Gasteiger partial charge in [-0.05, 0) is 31.2 Å². The van der Waals surface area contributed by atoms with Gasteiger partial charge in [-0.1, -0.05) is 12.1 Å². The van der Waals surface area contributed by atoms with Crippen molar-refractivity contribution in [3.8, 4) is 17.6 Å². The van der Waals surface area contributed by atoms with Gasteiger partial charge in [0.05, 0.1) is 35.8 Å². The maximum atomic E-state index is 12.3. The van der Waals surface area contributed by atoms with E-state index in [9.17, 15) is 14.4 Å². The summed E-state index contributed by atoms with van der Waals surface area (Å²) in [6.45, 7) is 2.03. The largest absolute Gasteiger partial charge is 0.490 e. The Morgan fingerprint density at radius 1 is 1.07 bits per heavy atom. The van der Waals surface area contributed by atoms with Crippen molar-refractivity contribution in [3.05, 3.63) is 59.2 Å². The second-order valence-electron chi connectivity index (χ2n) is 5.74. The third kappa shape index (κ3) is 3.65. The zero-order valence-electron chi connectivity index (χ0n) is 14.6. The molecule has 1 aliphatic rings.